The van der Waals surface area contributed by atoms with Gasteiger partial charge in [0, 0.05) is 12.1 Å². The van der Waals surface area contributed by atoms with Crippen molar-refractivity contribution in [2.24, 2.45) is 0 Å². The third kappa shape index (κ3) is 2.60. The molecule has 0 aromatic heterocycles. The summed E-state index contributed by atoms with van der Waals surface area (Å²) in [6.45, 7) is 0. The van der Waals surface area contributed by atoms with E-state index in [0.29, 0.717) is 17.1 Å². The van der Waals surface area contributed by atoms with Crippen LogP contribution in [0.15, 0.2) is 40.9 Å². The predicted octanol–water partition coefficient (Wildman–Crippen LogP) is 3.83. The third-order valence-corrected chi connectivity index (χ3v) is 2.87. The lowest BCUT2D eigenvalue weighted by Gasteiger charge is -2.09. The molecule has 0 amide bonds. The van der Waals surface area contributed by atoms with Gasteiger partial charge in [0.25, 0.3) is 0 Å². The lowest BCUT2D eigenvalue weighted by molar-refractivity contribution is 0.482. The van der Waals surface area contributed by atoms with E-state index in [1.54, 1.807) is 24.3 Å². The zero-order chi connectivity index (χ0) is 13.1. The fourth-order valence-corrected chi connectivity index (χ4v) is 1.68. The van der Waals surface area contributed by atoms with Gasteiger partial charge in [-0.05, 0) is 40.2 Å². The Hall–Kier alpha value is -2.06. The second kappa shape index (κ2) is 5.07. The molecule has 18 heavy (non-hydrogen) atoms. The van der Waals surface area contributed by atoms with Crippen molar-refractivity contribution in [3.8, 4) is 17.6 Å². The Morgan fingerprint density at radius 1 is 1.22 bits per heavy atom. The average Bonchev–Trinajstić information content (AvgIpc) is 2.37. The number of nitrogen functional groups attached to an aromatic ring is 1. The smallest absolute Gasteiger partial charge is 0.151 e. The molecular weight excluding hydrogens is 299 g/mol. The zero-order valence-corrected chi connectivity index (χ0v) is 10.7. The first-order valence-electron chi connectivity index (χ1n) is 5.02. The molecule has 2 aromatic carbocycles. The van der Waals surface area contributed by atoms with Gasteiger partial charge >= 0.3 is 0 Å². The van der Waals surface area contributed by atoms with E-state index < -0.39 is 5.82 Å². The van der Waals surface area contributed by atoms with Crippen LogP contribution in [-0.2, 0) is 0 Å². The Morgan fingerprint density at radius 3 is 2.50 bits per heavy atom. The fraction of sp³-hybridized carbons (Fsp3) is 0. The van der Waals surface area contributed by atoms with E-state index in [1.807, 2.05) is 6.07 Å². The summed E-state index contributed by atoms with van der Waals surface area (Å²) in [6, 6.07) is 11.2. The molecule has 0 aliphatic carbocycles. The number of halogens is 2. The van der Waals surface area contributed by atoms with Gasteiger partial charge in [-0.1, -0.05) is 0 Å². The number of nitriles is 1. The largest absolute Gasteiger partial charge is 0.455 e. The predicted molar refractivity (Wildman–Crippen MR) is 69.7 cm³/mol. The second-order valence-corrected chi connectivity index (χ2v) is 4.40. The Labute approximate surface area is 112 Å². The molecule has 2 rings (SSSR count). The number of hydrogen-bond donors (Lipinski definition) is 1. The van der Waals surface area contributed by atoms with Crippen molar-refractivity contribution in [3.63, 3.8) is 0 Å². The fourth-order valence-electron chi connectivity index (χ4n) is 1.36. The van der Waals surface area contributed by atoms with Gasteiger partial charge in [-0.25, -0.2) is 4.39 Å². The summed E-state index contributed by atoms with van der Waals surface area (Å²) in [5, 5.41) is 8.67. The molecule has 2 N–H and O–H groups in total. The summed E-state index contributed by atoms with van der Waals surface area (Å²) in [6.07, 6.45) is 0. The summed E-state index contributed by atoms with van der Waals surface area (Å²) >= 11 is 3.06. The van der Waals surface area contributed by atoms with Crippen molar-refractivity contribution in [2.75, 3.05) is 5.73 Å². The maximum Gasteiger partial charge on any atom is 0.151 e. The molecule has 2 aromatic rings. The molecule has 5 heteroatoms. The summed E-state index contributed by atoms with van der Waals surface area (Å²) in [4.78, 5) is 0. The second-order valence-electron chi connectivity index (χ2n) is 3.54. The molecule has 0 fully saturated rings. The van der Waals surface area contributed by atoms with Crippen LogP contribution in [0.4, 0.5) is 10.1 Å². The maximum atomic E-state index is 13.2. The molecule has 0 heterocycles. The number of ether oxygens (including phenoxy) is 1. The van der Waals surface area contributed by atoms with Crippen LogP contribution in [0.3, 0.4) is 0 Å². The molecule has 0 bridgehead atoms. The van der Waals surface area contributed by atoms with Gasteiger partial charge < -0.3 is 10.5 Å². The highest BCUT2D eigenvalue weighted by Gasteiger charge is 2.08. The van der Waals surface area contributed by atoms with E-state index in [9.17, 15) is 4.39 Å². The quantitative estimate of drug-likeness (QED) is 0.858. The Morgan fingerprint density at radius 2 is 1.89 bits per heavy atom. The SMILES string of the molecule is N#Cc1ccc(Oc2cc(Br)c(F)cc2N)cc1. The van der Waals surface area contributed by atoms with Crippen LogP contribution >= 0.6 is 15.9 Å². The molecule has 90 valence electrons. The van der Waals surface area contributed by atoms with E-state index in [1.165, 1.54) is 12.1 Å². The van der Waals surface area contributed by atoms with Gasteiger partial charge in [0.1, 0.15) is 11.6 Å². The van der Waals surface area contributed by atoms with Gasteiger partial charge in [0.15, 0.2) is 5.75 Å². The summed E-state index contributed by atoms with van der Waals surface area (Å²) < 4.78 is 19.0. The molecule has 3 nitrogen and oxygen atoms in total. The standard InChI is InChI=1S/C13H8BrFN2O/c14-10-5-13(12(17)6-11(10)15)18-9-3-1-8(7-16)2-4-9/h1-6H,17H2. The Bertz CT molecular complexity index is 620. The minimum atomic E-state index is -0.445. The normalized spacial score (nSPS) is 9.83. The zero-order valence-electron chi connectivity index (χ0n) is 9.15. The number of benzene rings is 2. The summed E-state index contributed by atoms with van der Waals surface area (Å²) in [5.41, 5.74) is 6.40. The van der Waals surface area contributed by atoms with E-state index in [0.717, 1.165) is 0 Å². The first-order valence-corrected chi connectivity index (χ1v) is 5.82. The van der Waals surface area contributed by atoms with Gasteiger partial charge in [0.05, 0.1) is 21.8 Å². The number of rotatable bonds is 2. The molecule has 0 aliphatic rings. The number of nitrogens with two attached hydrogens (primary N) is 1. The van der Waals surface area contributed by atoms with E-state index >= 15 is 0 Å². The first-order chi connectivity index (χ1) is 8.60. The Kier molecular flexibility index (Phi) is 3.49. The van der Waals surface area contributed by atoms with Crippen LogP contribution in [0.25, 0.3) is 0 Å². The third-order valence-electron chi connectivity index (χ3n) is 2.26. The van der Waals surface area contributed by atoms with Crippen LogP contribution < -0.4 is 10.5 Å². The van der Waals surface area contributed by atoms with Gasteiger partial charge in [0.2, 0.25) is 0 Å². The van der Waals surface area contributed by atoms with Crippen LogP contribution in [0.5, 0.6) is 11.5 Å². The Balaban J connectivity index is 2.28. The van der Waals surface area contributed by atoms with E-state index in [4.69, 9.17) is 15.7 Å². The van der Waals surface area contributed by atoms with Crippen molar-refractivity contribution < 1.29 is 9.13 Å². The van der Waals surface area contributed by atoms with E-state index in [-0.39, 0.29) is 10.2 Å². The van der Waals surface area contributed by atoms with Gasteiger partial charge in [-0.3, -0.25) is 0 Å². The van der Waals surface area contributed by atoms with Gasteiger partial charge in [-0.2, -0.15) is 5.26 Å². The summed E-state index contributed by atoms with van der Waals surface area (Å²) in [5.74, 6) is 0.437. The highest BCUT2D eigenvalue weighted by molar-refractivity contribution is 9.10. The number of anilines is 1. The minimum Gasteiger partial charge on any atom is -0.455 e. The molecule has 0 spiro atoms. The highest BCUT2D eigenvalue weighted by atomic mass is 79.9. The van der Waals surface area contributed by atoms with Crippen molar-refractivity contribution in [1.82, 2.24) is 0 Å². The molecule has 0 unspecified atom stereocenters. The topological polar surface area (TPSA) is 59.0 Å². The first kappa shape index (κ1) is 12.4. The van der Waals surface area contributed by atoms with Crippen LogP contribution in [0.1, 0.15) is 5.56 Å². The average molecular weight is 307 g/mol. The van der Waals surface area contributed by atoms with Crippen molar-refractivity contribution in [1.29, 1.82) is 5.26 Å². The van der Waals surface area contributed by atoms with Crippen molar-refractivity contribution in [2.45, 2.75) is 0 Å². The van der Waals surface area contributed by atoms with E-state index in [2.05, 4.69) is 15.9 Å². The number of nitrogens with zero attached hydrogens (tertiary/aromatic N) is 1. The highest BCUT2D eigenvalue weighted by Crippen LogP contribution is 2.32. The van der Waals surface area contributed by atoms with Gasteiger partial charge in [-0.15, -0.1) is 0 Å². The summed E-state index contributed by atoms with van der Waals surface area (Å²) in [7, 11) is 0. The molecule has 0 saturated carbocycles. The lowest BCUT2D eigenvalue weighted by Crippen LogP contribution is -1.94. The lowest BCUT2D eigenvalue weighted by atomic mass is 10.2. The monoisotopic (exact) mass is 306 g/mol. The molecule has 0 atom stereocenters. The maximum absolute atomic E-state index is 13.2. The minimum absolute atomic E-state index is 0.208. The molecule has 0 saturated heterocycles. The molecule has 0 aliphatic heterocycles. The van der Waals surface area contributed by atoms with Crippen molar-refractivity contribution >= 4 is 21.6 Å². The molecular formula is C13H8BrFN2O. The van der Waals surface area contributed by atoms with Crippen molar-refractivity contribution in [3.05, 3.63) is 52.3 Å². The van der Waals surface area contributed by atoms with Crippen LogP contribution in [0.2, 0.25) is 0 Å². The van der Waals surface area contributed by atoms with Crippen LogP contribution in [0, 0.1) is 17.1 Å². The molecule has 0 radical (unpaired) electrons. The number of hydrogen-bond acceptors (Lipinski definition) is 3. The van der Waals surface area contributed by atoms with Crippen LogP contribution in [-0.4, -0.2) is 0 Å².